The Labute approximate surface area is 117 Å². The van der Waals surface area contributed by atoms with Gasteiger partial charge in [0.1, 0.15) is 0 Å². The second-order valence-corrected chi connectivity index (χ2v) is 5.65. The fourth-order valence-corrected chi connectivity index (χ4v) is 2.10. The van der Waals surface area contributed by atoms with Gasteiger partial charge in [-0.3, -0.25) is 0 Å². The predicted molar refractivity (Wildman–Crippen MR) is 80.0 cm³/mol. The molecular formula is C17H28O2. The Balaban J connectivity index is 2.00. The zero-order valence-corrected chi connectivity index (χ0v) is 12.3. The highest BCUT2D eigenvalue weighted by molar-refractivity contribution is 5.13. The Bertz CT molecular complexity index is 310. The van der Waals surface area contributed by atoms with E-state index in [9.17, 15) is 0 Å². The molecule has 108 valence electrons. The van der Waals surface area contributed by atoms with Gasteiger partial charge in [-0.2, -0.15) is 0 Å². The molecule has 19 heavy (non-hydrogen) atoms. The van der Waals surface area contributed by atoms with E-state index < -0.39 is 0 Å². The van der Waals surface area contributed by atoms with Crippen molar-refractivity contribution >= 4 is 0 Å². The molecule has 0 aliphatic heterocycles. The summed E-state index contributed by atoms with van der Waals surface area (Å²) in [6.45, 7) is 6.26. The molecule has 1 aromatic rings. The minimum atomic E-state index is 0.314. The zero-order chi connectivity index (χ0) is 13.9. The summed E-state index contributed by atoms with van der Waals surface area (Å²) in [7, 11) is 0. The van der Waals surface area contributed by atoms with Crippen molar-refractivity contribution in [1.29, 1.82) is 0 Å². The molecule has 1 rings (SSSR count). The normalized spacial score (nSPS) is 14.3. The Morgan fingerprint density at radius 2 is 1.68 bits per heavy atom. The molecule has 2 nitrogen and oxygen atoms in total. The van der Waals surface area contributed by atoms with Crippen LogP contribution in [0.25, 0.3) is 0 Å². The first-order valence-electron chi connectivity index (χ1n) is 7.45. The van der Waals surface area contributed by atoms with E-state index in [0.717, 1.165) is 26.1 Å². The third-order valence-corrected chi connectivity index (χ3v) is 3.57. The van der Waals surface area contributed by atoms with Gasteiger partial charge in [0, 0.05) is 13.2 Å². The quantitative estimate of drug-likeness (QED) is 0.647. The van der Waals surface area contributed by atoms with Gasteiger partial charge in [0.25, 0.3) is 0 Å². The SMILES string of the molecule is C[C@H](CCC[C@H](C)CO)CCOCc1ccccc1. The zero-order valence-electron chi connectivity index (χ0n) is 12.3. The Morgan fingerprint density at radius 1 is 1.00 bits per heavy atom. The number of ether oxygens (including phenoxy) is 1. The molecule has 0 unspecified atom stereocenters. The van der Waals surface area contributed by atoms with Crippen molar-refractivity contribution in [2.75, 3.05) is 13.2 Å². The topological polar surface area (TPSA) is 29.5 Å². The van der Waals surface area contributed by atoms with E-state index in [1.807, 2.05) is 18.2 Å². The molecular weight excluding hydrogens is 236 g/mol. The summed E-state index contributed by atoms with van der Waals surface area (Å²) < 4.78 is 5.70. The van der Waals surface area contributed by atoms with Gasteiger partial charge in [0.05, 0.1) is 6.61 Å². The predicted octanol–water partition coefficient (Wildman–Crippen LogP) is 4.03. The number of hydrogen-bond donors (Lipinski definition) is 1. The van der Waals surface area contributed by atoms with E-state index in [-0.39, 0.29) is 0 Å². The van der Waals surface area contributed by atoms with Crippen molar-refractivity contribution in [3.05, 3.63) is 35.9 Å². The van der Waals surface area contributed by atoms with Crippen LogP contribution in [0.5, 0.6) is 0 Å². The lowest BCUT2D eigenvalue weighted by molar-refractivity contribution is 0.107. The maximum Gasteiger partial charge on any atom is 0.0716 e. The first-order chi connectivity index (χ1) is 9.22. The summed E-state index contributed by atoms with van der Waals surface area (Å²) >= 11 is 0. The van der Waals surface area contributed by atoms with Crippen LogP contribution in [0, 0.1) is 11.8 Å². The van der Waals surface area contributed by atoms with E-state index in [0.29, 0.717) is 18.4 Å². The average Bonchev–Trinajstić information content (AvgIpc) is 2.44. The first kappa shape index (κ1) is 16.2. The Hall–Kier alpha value is -0.860. The molecule has 0 bridgehead atoms. The molecule has 0 aromatic heterocycles. The van der Waals surface area contributed by atoms with Crippen molar-refractivity contribution in [3.8, 4) is 0 Å². The number of rotatable bonds is 10. The van der Waals surface area contributed by atoms with Crippen LogP contribution in [-0.2, 0) is 11.3 Å². The lowest BCUT2D eigenvalue weighted by atomic mass is 9.97. The largest absolute Gasteiger partial charge is 0.396 e. The smallest absolute Gasteiger partial charge is 0.0716 e. The molecule has 0 saturated heterocycles. The van der Waals surface area contributed by atoms with Crippen LogP contribution in [0.3, 0.4) is 0 Å². The Morgan fingerprint density at radius 3 is 2.37 bits per heavy atom. The van der Waals surface area contributed by atoms with Crippen LogP contribution in [0.15, 0.2) is 30.3 Å². The first-order valence-corrected chi connectivity index (χ1v) is 7.45. The molecule has 0 fully saturated rings. The van der Waals surface area contributed by atoms with Gasteiger partial charge in [-0.05, 0) is 30.2 Å². The van der Waals surface area contributed by atoms with E-state index in [1.54, 1.807) is 0 Å². The number of benzene rings is 1. The summed E-state index contributed by atoms with van der Waals surface area (Å²) in [4.78, 5) is 0. The molecule has 2 atom stereocenters. The minimum Gasteiger partial charge on any atom is -0.396 e. The van der Waals surface area contributed by atoms with Gasteiger partial charge in [-0.15, -0.1) is 0 Å². The fraction of sp³-hybridized carbons (Fsp3) is 0.647. The van der Waals surface area contributed by atoms with Gasteiger partial charge in [-0.25, -0.2) is 0 Å². The summed E-state index contributed by atoms with van der Waals surface area (Å²) in [6, 6.07) is 10.3. The molecule has 0 amide bonds. The summed E-state index contributed by atoms with van der Waals surface area (Å²) in [5.41, 5.74) is 1.24. The lowest BCUT2D eigenvalue weighted by Crippen LogP contribution is -2.05. The van der Waals surface area contributed by atoms with Gasteiger partial charge in [0.15, 0.2) is 0 Å². The molecule has 0 heterocycles. The molecule has 1 N–H and O–H groups in total. The highest BCUT2D eigenvalue weighted by Crippen LogP contribution is 2.15. The summed E-state index contributed by atoms with van der Waals surface area (Å²) in [5.74, 6) is 1.16. The second-order valence-electron chi connectivity index (χ2n) is 5.65. The molecule has 1 aromatic carbocycles. The number of aliphatic hydroxyl groups excluding tert-OH is 1. The molecule has 0 radical (unpaired) electrons. The van der Waals surface area contributed by atoms with Crippen molar-refractivity contribution in [2.45, 2.75) is 46.1 Å². The van der Waals surface area contributed by atoms with Crippen LogP contribution in [0.4, 0.5) is 0 Å². The second kappa shape index (κ2) is 9.99. The lowest BCUT2D eigenvalue weighted by Gasteiger charge is -2.13. The molecule has 2 heteroatoms. The van der Waals surface area contributed by atoms with E-state index in [4.69, 9.17) is 9.84 Å². The molecule has 0 aliphatic carbocycles. The standard InChI is InChI=1S/C17H28O2/c1-15(7-6-8-16(2)13-18)11-12-19-14-17-9-4-3-5-10-17/h3-5,9-10,15-16,18H,6-8,11-14H2,1-2H3/t15-,16+/m1/s1. The van der Waals surface area contributed by atoms with Gasteiger partial charge in [0.2, 0.25) is 0 Å². The highest BCUT2D eigenvalue weighted by Gasteiger charge is 2.05. The monoisotopic (exact) mass is 264 g/mol. The van der Waals surface area contributed by atoms with Crippen LogP contribution in [0.1, 0.15) is 45.1 Å². The van der Waals surface area contributed by atoms with Crippen LogP contribution < -0.4 is 0 Å². The van der Waals surface area contributed by atoms with Crippen molar-refractivity contribution in [3.63, 3.8) is 0 Å². The van der Waals surface area contributed by atoms with Crippen molar-refractivity contribution in [1.82, 2.24) is 0 Å². The Kier molecular flexibility index (Phi) is 8.52. The maximum absolute atomic E-state index is 8.96. The highest BCUT2D eigenvalue weighted by atomic mass is 16.5. The molecule has 0 saturated carbocycles. The number of hydrogen-bond acceptors (Lipinski definition) is 2. The molecule has 0 spiro atoms. The van der Waals surface area contributed by atoms with E-state index in [2.05, 4.69) is 26.0 Å². The number of aliphatic hydroxyl groups is 1. The van der Waals surface area contributed by atoms with E-state index >= 15 is 0 Å². The van der Waals surface area contributed by atoms with Gasteiger partial charge < -0.3 is 9.84 Å². The summed E-state index contributed by atoms with van der Waals surface area (Å²) in [5, 5.41) is 8.96. The third-order valence-electron chi connectivity index (χ3n) is 3.57. The van der Waals surface area contributed by atoms with Crippen LogP contribution in [-0.4, -0.2) is 18.3 Å². The van der Waals surface area contributed by atoms with Gasteiger partial charge >= 0.3 is 0 Å². The molecule has 0 aliphatic rings. The third kappa shape index (κ3) is 8.02. The van der Waals surface area contributed by atoms with E-state index in [1.165, 1.54) is 18.4 Å². The van der Waals surface area contributed by atoms with Gasteiger partial charge in [-0.1, -0.05) is 57.0 Å². The average molecular weight is 264 g/mol. The summed E-state index contributed by atoms with van der Waals surface area (Å²) in [6.07, 6.45) is 4.70. The maximum atomic E-state index is 8.96. The van der Waals surface area contributed by atoms with Crippen LogP contribution >= 0.6 is 0 Å². The van der Waals surface area contributed by atoms with Crippen molar-refractivity contribution < 1.29 is 9.84 Å². The van der Waals surface area contributed by atoms with Crippen LogP contribution in [0.2, 0.25) is 0 Å². The van der Waals surface area contributed by atoms with Crippen molar-refractivity contribution in [2.24, 2.45) is 11.8 Å². The fourth-order valence-electron chi connectivity index (χ4n) is 2.10. The minimum absolute atomic E-state index is 0.314.